The number of rotatable bonds is 1. The van der Waals surface area contributed by atoms with Gasteiger partial charge in [-0.2, -0.15) is 5.26 Å². The highest BCUT2D eigenvalue weighted by Crippen LogP contribution is 2.21. The van der Waals surface area contributed by atoms with E-state index < -0.39 is 6.10 Å². The number of hydrogen-bond donors (Lipinski definition) is 1. The summed E-state index contributed by atoms with van der Waals surface area (Å²) in [5, 5.41) is 18.0. The number of piperidine rings is 1. The molecule has 82 valence electrons. The molecule has 2 rings (SSSR count). The smallest absolute Gasteiger partial charge is 0.229 e. The fourth-order valence-electron chi connectivity index (χ4n) is 1.81. The molecule has 1 fully saturated rings. The van der Waals surface area contributed by atoms with Crippen molar-refractivity contribution in [3.63, 3.8) is 0 Å². The molecule has 1 amide bonds. The van der Waals surface area contributed by atoms with Gasteiger partial charge in [0.05, 0.1) is 24.2 Å². The molecule has 4 nitrogen and oxygen atoms in total. The maximum Gasteiger partial charge on any atom is 0.229 e. The van der Waals surface area contributed by atoms with Gasteiger partial charge < -0.3 is 10.0 Å². The minimum Gasteiger partial charge on any atom is -0.393 e. The number of carbonyl (C=O) groups excluding carboxylic acids is 1. The van der Waals surface area contributed by atoms with Gasteiger partial charge in [0.25, 0.3) is 0 Å². The molecule has 0 radical (unpaired) electrons. The minimum absolute atomic E-state index is 0.0662. The molecule has 1 aliphatic heterocycles. The van der Waals surface area contributed by atoms with Gasteiger partial charge in [0.2, 0.25) is 5.91 Å². The van der Waals surface area contributed by atoms with Crippen LogP contribution in [0.2, 0.25) is 0 Å². The first kappa shape index (κ1) is 10.7. The summed E-state index contributed by atoms with van der Waals surface area (Å²) < 4.78 is 0. The maximum atomic E-state index is 11.7. The van der Waals surface area contributed by atoms with Crippen LogP contribution in [0.3, 0.4) is 0 Å². The predicted octanol–water partition coefficient (Wildman–Crippen LogP) is 1.05. The van der Waals surface area contributed by atoms with Crippen LogP contribution in [0.4, 0.5) is 5.69 Å². The molecular formula is C12H12N2O2. The molecule has 1 unspecified atom stereocenters. The van der Waals surface area contributed by atoms with E-state index >= 15 is 0 Å². The van der Waals surface area contributed by atoms with Crippen LogP contribution in [0.25, 0.3) is 0 Å². The third kappa shape index (κ3) is 2.05. The molecular weight excluding hydrogens is 204 g/mol. The normalized spacial score (nSPS) is 20.6. The summed E-state index contributed by atoms with van der Waals surface area (Å²) in [7, 11) is 0. The Hall–Kier alpha value is -1.86. The van der Waals surface area contributed by atoms with Gasteiger partial charge in [0.15, 0.2) is 0 Å². The van der Waals surface area contributed by atoms with E-state index in [0.717, 1.165) is 5.69 Å². The van der Waals surface area contributed by atoms with Gasteiger partial charge in [-0.15, -0.1) is 0 Å². The van der Waals surface area contributed by atoms with Crippen molar-refractivity contribution in [2.75, 3.05) is 11.4 Å². The topological polar surface area (TPSA) is 64.3 Å². The molecule has 0 aromatic heterocycles. The van der Waals surface area contributed by atoms with Gasteiger partial charge in [0.1, 0.15) is 0 Å². The van der Waals surface area contributed by atoms with E-state index in [4.69, 9.17) is 5.26 Å². The fourth-order valence-corrected chi connectivity index (χ4v) is 1.81. The molecule has 1 aromatic carbocycles. The second kappa shape index (κ2) is 4.33. The summed E-state index contributed by atoms with van der Waals surface area (Å²) in [6.45, 7) is 0.534. The minimum atomic E-state index is -0.512. The van der Waals surface area contributed by atoms with Crippen molar-refractivity contribution >= 4 is 11.6 Å². The van der Waals surface area contributed by atoms with Crippen LogP contribution < -0.4 is 4.90 Å². The molecule has 1 heterocycles. The van der Waals surface area contributed by atoms with E-state index in [2.05, 4.69) is 0 Å². The molecule has 1 saturated heterocycles. The van der Waals surface area contributed by atoms with Gasteiger partial charge in [0, 0.05) is 12.2 Å². The first-order valence-electron chi connectivity index (χ1n) is 5.19. The Morgan fingerprint density at radius 2 is 2.06 bits per heavy atom. The van der Waals surface area contributed by atoms with E-state index in [1.165, 1.54) is 0 Å². The molecule has 1 atom stereocenters. The second-order valence-electron chi connectivity index (χ2n) is 3.85. The van der Waals surface area contributed by atoms with Gasteiger partial charge >= 0.3 is 0 Å². The fraction of sp³-hybridized carbons (Fsp3) is 0.333. The monoisotopic (exact) mass is 216 g/mol. The van der Waals surface area contributed by atoms with Crippen molar-refractivity contribution in [2.45, 2.75) is 18.9 Å². The van der Waals surface area contributed by atoms with E-state index in [1.54, 1.807) is 29.2 Å². The van der Waals surface area contributed by atoms with Gasteiger partial charge in [-0.3, -0.25) is 4.79 Å². The molecule has 1 N–H and O–H groups in total. The average molecular weight is 216 g/mol. The zero-order valence-electron chi connectivity index (χ0n) is 8.76. The highest BCUT2D eigenvalue weighted by Gasteiger charge is 2.25. The van der Waals surface area contributed by atoms with Crippen molar-refractivity contribution < 1.29 is 9.90 Å². The number of benzene rings is 1. The summed E-state index contributed by atoms with van der Waals surface area (Å²) in [4.78, 5) is 13.3. The lowest BCUT2D eigenvalue weighted by Gasteiger charge is -2.29. The van der Waals surface area contributed by atoms with Crippen molar-refractivity contribution in [1.82, 2.24) is 0 Å². The van der Waals surface area contributed by atoms with Gasteiger partial charge in [-0.1, -0.05) is 0 Å². The Bertz CT molecular complexity index is 433. The molecule has 0 aliphatic carbocycles. The first-order valence-corrected chi connectivity index (χ1v) is 5.19. The Kier molecular flexibility index (Phi) is 2.88. The maximum absolute atomic E-state index is 11.7. The van der Waals surface area contributed by atoms with E-state index in [-0.39, 0.29) is 12.3 Å². The number of anilines is 1. The number of aliphatic hydroxyl groups is 1. The zero-order chi connectivity index (χ0) is 11.5. The lowest BCUT2D eigenvalue weighted by atomic mass is 10.1. The van der Waals surface area contributed by atoms with E-state index in [1.807, 2.05) is 6.07 Å². The molecule has 1 aromatic rings. The highest BCUT2D eigenvalue weighted by molar-refractivity contribution is 5.94. The number of carbonyl (C=O) groups is 1. The highest BCUT2D eigenvalue weighted by atomic mass is 16.3. The van der Waals surface area contributed by atoms with Crippen LogP contribution in [0.5, 0.6) is 0 Å². The van der Waals surface area contributed by atoms with Crippen LogP contribution in [0.1, 0.15) is 18.4 Å². The zero-order valence-corrected chi connectivity index (χ0v) is 8.76. The number of nitrogens with zero attached hydrogens (tertiary/aromatic N) is 2. The molecule has 0 bridgehead atoms. The predicted molar refractivity (Wildman–Crippen MR) is 58.8 cm³/mol. The van der Waals surface area contributed by atoms with Crippen molar-refractivity contribution in [3.8, 4) is 6.07 Å². The number of amides is 1. The van der Waals surface area contributed by atoms with Crippen molar-refractivity contribution in [3.05, 3.63) is 29.8 Å². The molecule has 16 heavy (non-hydrogen) atoms. The third-order valence-corrected chi connectivity index (χ3v) is 2.71. The molecule has 4 heteroatoms. The molecule has 0 saturated carbocycles. The van der Waals surface area contributed by atoms with Crippen molar-refractivity contribution in [1.29, 1.82) is 5.26 Å². The number of nitriles is 1. The molecule has 1 aliphatic rings. The van der Waals surface area contributed by atoms with E-state index in [9.17, 15) is 9.90 Å². The number of hydrogen-bond acceptors (Lipinski definition) is 3. The number of aliphatic hydroxyl groups excluding tert-OH is 1. The third-order valence-electron chi connectivity index (χ3n) is 2.71. The van der Waals surface area contributed by atoms with E-state index in [0.29, 0.717) is 18.5 Å². The summed E-state index contributed by atoms with van der Waals surface area (Å²) in [6.07, 6.45) is 0.272. The quantitative estimate of drug-likeness (QED) is 0.763. The lowest BCUT2D eigenvalue weighted by Crippen LogP contribution is -2.40. The Morgan fingerprint density at radius 1 is 1.38 bits per heavy atom. The van der Waals surface area contributed by atoms with Crippen LogP contribution in [0, 0.1) is 11.3 Å². The SMILES string of the molecule is N#Cc1ccc(N2CCC(O)CC2=O)cc1. The lowest BCUT2D eigenvalue weighted by molar-refractivity contribution is -0.122. The first-order chi connectivity index (χ1) is 7.70. The van der Waals surface area contributed by atoms with Crippen molar-refractivity contribution in [2.24, 2.45) is 0 Å². The van der Waals surface area contributed by atoms with Crippen LogP contribution in [0.15, 0.2) is 24.3 Å². The second-order valence-corrected chi connectivity index (χ2v) is 3.85. The van der Waals surface area contributed by atoms with Crippen LogP contribution in [-0.2, 0) is 4.79 Å². The summed E-state index contributed by atoms with van der Waals surface area (Å²) in [5.74, 6) is -0.0662. The van der Waals surface area contributed by atoms with Gasteiger partial charge in [-0.05, 0) is 30.7 Å². The Morgan fingerprint density at radius 3 is 2.62 bits per heavy atom. The van der Waals surface area contributed by atoms with Crippen LogP contribution in [-0.4, -0.2) is 23.7 Å². The van der Waals surface area contributed by atoms with Gasteiger partial charge in [-0.25, -0.2) is 0 Å². The molecule has 0 spiro atoms. The Balaban J connectivity index is 2.18. The summed E-state index contributed by atoms with van der Waals surface area (Å²) in [6, 6.07) is 8.92. The summed E-state index contributed by atoms with van der Waals surface area (Å²) in [5.41, 5.74) is 1.36. The van der Waals surface area contributed by atoms with Crippen LogP contribution >= 0.6 is 0 Å². The standard InChI is InChI=1S/C12H12N2O2/c13-8-9-1-3-10(4-2-9)14-6-5-11(15)7-12(14)16/h1-4,11,15H,5-7H2. The Labute approximate surface area is 93.7 Å². The summed E-state index contributed by atoms with van der Waals surface area (Å²) >= 11 is 0. The largest absolute Gasteiger partial charge is 0.393 e. The average Bonchev–Trinajstić information content (AvgIpc) is 2.29.